The molecule has 0 spiro atoms. The minimum Gasteiger partial charge on any atom is -0.481 e. The third-order valence-corrected chi connectivity index (χ3v) is 1.62. The number of carbonyl (C=O) groups is 3. The monoisotopic (exact) mass is 268 g/mol. The summed E-state index contributed by atoms with van der Waals surface area (Å²) in [4.78, 5) is 29.0. The number of aldehydes is 1. The van der Waals surface area contributed by atoms with E-state index in [0.717, 1.165) is 0 Å². The van der Waals surface area contributed by atoms with Gasteiger partial charge in [0.25, 0.3) is 0 Å². The predicted octanol–water partition coefficient (Wildman–Crippen LogP) is -2.80. The molecule has 18 heavy (non-hydrogen) atoms. The molecule has 9 heteroatoms. The lowest BCUT2D eigenvalue weighted by Crippen LogP contribution is -2.40. The first kappa shape index (κ1) is 18.8. The Balaban J connectivity index is 0. The number of hydrogen-bond acceptors (Lipinski definition) is 7. The minimum absolute atomic E-state index is 0.0869. The highest BCUT2D eigenvalue weighted by Gasteiger charge is 2.22. The maximum Gasteiger partial charge on any atom is 0.303 e. The molecule has 0 aromatic rings. The van der Waals surface area contributed by atoms with Crippen molar-refractivity contribution in [1.29, 1.82) is 0 Å². The van der Waals surface area contributed by atoms with Crippen LogP contribution in [0.15, 0.2) is 0 Å². The average molecular weight is 268 g/mol. The SMILES string of the molecule is O=C(O)CCC(=O)O.O=C[C@H](O)[C@@H](O)[C@H](O)CO. The van der Waals surface area contributed by atoms with Crippen LogP contribution in [0, 0.1) is 0 Å². The Morgan fingerprint density at radius 3 is 1.61 bits per heavy atom. The number of carboxylic acids is 2. The van der Waals surface area contributed by atoms with Crippen LogP contribution >= 0.6 is 0 Å². The molecule has 0 bridgehead atoms. The second-order valence-electron chi connectivity index (χ2n) is 3.15. The lowest BCUT2D eigenvalue weighted by atomic mass is 10.1. The van der Waals surface area contributed by atoms with E-state index in [0.29, 0.717) is 0 Å². The molecule has 0 heterocycles. The molecule has 0 unspecified atom stereocenters. The molecule has 0 aromatic carbocycles. The van der Waals surface area contributed by atoms with Gasteiger partial charge in [-0.1, -0.05) is 0 Å². The maximum absolute atomic E-state index is 9.76. The molecule has 9 nitrogen and oxygen atoms in total. The van der Waals surface area contributed by atoms with Crippen molar-refractivity contribution < 1.29 is 45.0 Å². The van der Waals surface area contributed by atoms with Crippen LogP contribution in [0.5, 0.6) is 0 Å². The molecule has 0 saturated heterocycles. The van der Waals surface area contributed by atoms with Crippen molar-refractivity contribution in [2.24, 2.45) is 0 Å². The highest BCUT2D eigenvalue weighted by molar-refractivity contribution is 5.75. The fourth-order valence-electron chi connectivity index (χ4n) is 0.630. The minimum atomic E-state index is -1.64. The van der Waals surface area contributed by atoms with Gasteiger partial charge in [-0.3, -0.25) is 9.59 Å². The van der Waals surface area contributed by atoms with E-state index in [-0.39, 0.29) is 19.1 Å². The van der Waals surface area contributed by atoms with Crippen LogP contribution in [0.2, 0.25) is 0 Å². The quantitative estimate of drug-likeness (QED) is 0.266. The summed E-state index contributed by atoms with van der Waals surface area (Å²) >= 11 is 0. The van der Waals surface area contributed by atoms with Gasteiger partial charge in [0, 0.05) is 0 Å². The number of aliphatic hydroxyl groups excluding tert-OH is 4. The molecule has 106 valence electrons. The highest BCUT2D eigenvalue weighted by atomic mass is 16.4. The summed E-state index contributed by atoms with van der Waals surface area (Å²) in [5.41, 5.74) is 0. The summed E-state index contributed by atoms with van der Waals surface area (Å²) in [5.74, 6) is -2.15. The predicted molar refractivity (Wildman–Crippen MR) is 55.7 cm³/mol. The first-order chi connectivity index (χ1) is 8.26. The zero-order valence-corrected chi connectivity index (χ0v) is 9.34. The van der Waals surface area contributed by atoms with Crippen molar-refractivity contribution in [2.75, 3.05) is 6.61 Å². The van der Waals surface area contributed by atoms with Crippen LogP contribution in [-0.4, -0.2) is 73.8 Å². The van der Waals surface area contributed by atoms with Crippen molar-refractivity contribution >= 4 is 18.2 Å². The van der Waals surface area contributed by atoms with Gasteiger partial charge in [-0.05, 0) is 0 Å². The van der Waals surface area contributed by atoms with E-state index in [1.54, 1.807) is 0 Å². The standard InChI is InChI=1S/C5H10O5.C4H6O4/c6-1-3(8)5(10)4(9)2-7;5-3(6)1-2-4(7)8/h1,3-5,7-10H,2H2;1-2H2,(H,5,6)(H,7,8)/t3-,4+,5+;/m0./s1. The molecule has 0 aliphatic rings. The van der Waals surface area contributed by atoms with E-state index in [1.807, 2.05) is 0 Å². The number of rotatable bonds is 7. The molecule has 0 aliphatic heterocycles. The van der Waals surface area contributed by atoms with Crippen LogP contribution < -0.4 is 0 Å². The molecule has 6 N–H and O–H groups in total. The average Bonchev–Trinajstić information content (AvgIpc) is 2.34. The van der Waals surface area contributed by atoms with E-state index >= 15 is 0 Å². The summed E-state index contributed by atoms with van der Waals surface area (Å²) in [6.45, 7) is -0.688. The molecule has 0 aliphatic carbocycles. The molecule has 0 saturated carbocycles. The van der Waals surface area contributed by atoms with Crippen molar-refractivity contribution in [3.63, 3.8) is 0 Å². The number of carbonyl (C=O) groups excluding carboxylic acids is 1. The highest BCUT2D eigenvalue weighted by Crippen LogP contribution is 1.96. The van der Waals surface area contributed by atoms with Crippen molar-refractivity contribution in [3.8, 4) is 0 Å². The van der Waals surface area contributed by atoms with Gasteiger partial charge in [-0.2, -0.15) is 0 Å². The molecule has 0 fully saturated rings. The van der Waals surface area contributed by atoms with E-state index in [4.69, 9.17) is 30.6 Å². The zero-order chi connectivity index (χ0) is 14.7. The lowest BCUT2D eigenvalue weighted by molar-refractivity contribution is -0.143. The van der Waals surface area contributed by atoms with Gasteiger partial charge in [-0.15, -0.1) is 0 Å². The Morgan fingerprint density at radius 1 is 1.00 bits per heavy atom. The first-order valence-corrected chi connectivity index (χ1v) is 4.80. The Kier molecular flexibility index (Phi) is 11.1. The summed E-state index contributed by atoms with van der Waals surface area (Å²) < 4.78 is 0. The van der Waals surface area contributed by atoms with Crippen molar-refractivity contribution in [3.05, 3.63) is 0 Å². The first-order valence-electron chi connectivity index (χ1n) is 4.80. The molecule has 0 amide bonds. The molecule has 0 aromatic heterocycles. The van der Waals surface area contributed by atoms with Crippen LogP contribution in [0.25, 0.3) is 0 Å². The number of aliphatic hydroxyl groups is 4. The topological polar surface area (TPSA) is 173 Å². The third kappa shape index (κ3) is 11.0. The van der Waals surface area contributed by atoms with Crippen LogP contribution in [0.3, 0.4) is 0 Å². The smallest absolute Gasteiger partial charge is 0.303 e. The number of hydrogen-bond donors (Lipinski definition) is 6. The molecule has 0 rings (SSSR count). The fraction of sp³-hybridized carbons (Fsp3) is 0.667. The summed E-state index contributed by atoms with van der Waals surface area (Å²) in [7, 11) is 0. The van der Waals surface area contributed by atoms with Gasteiger partial charge in [-0.25, -0.2) is 0 Å². The maximum atomic E-state index is 9.76. The van der Waals surface area contributed by atoms with Gasteiger partial charge in [0.2, 0.25) is 0 Å². The van der Waals surface area contributed by atoms with E-state index in [1.165, 1.54) is 0 Å². The Hall–Kier alpha value is -1.55. The van der Waals surface area contributed by atoms with Crippen molar-refractivity contribution in [1.82, 2.24) is 0 Å². The normalized spacial score (nSPS) is 14.7. The van der Waals surface area contributed by atoms with E-state index < -0.39 is 36.9 Å². The van der Waals surface area contributed by atoms with Crippen LogP contribution in [0.1, 0.15) is 12.8 Å². The summed E-state index contributed by atoms with van der Waals surface area (Å²) in [6.07, 6.45) is -5.22. The van der Waals surface area contributed by atoms with Gasteiger partial charge in [0.1, 0.15) is 18.3 Å². The largest absolute Gasteiger partial charge is 0.481 e. The van der Waals surface area contributed by atoms with Crippen LogP contribution in [-0.2, 0) is 14.4 Å². The second-order valence-corrected chi connectivity index (χ2v) is 3.15. The summed E-state index contributed by atoms with van der Waals surface area (Å²) in [6, 6.07) is 0. The Labute approximate surface area is 102 Å². The van der Waals surface area contributed by atoms with Gasteiger partial charge < -0.3 is 35.4 Å². The number of carboxylic acid groups (broad SMARTS) is 2. The second kappa shape index (κ2) is 10.6. The van der Waals surface area contributed by atoms with Crippen LogP contribution in [0.4, 0.5) is 0 Å². The molecular formula is C9H16O9. The summed E-state index contributed by atoms with van der Waals surface area (Å²) in [5, 5.41) is 49.9. The fourth-order valence-corrected chi connectivity index (χ4v) is 0.630. The molecular weight excluding hydrogens is 252 g/mol. The van der Waals surface area contributed by atoms with Gasteiger partial charge >= 0.3 is 11.9 Å². The van der Waals surface area contributed by atoms with E-state index in [9.17, 15) is 14.4 Å². The molecule has 0 radical (unpaired) electrons. The van der Waals surface area contributed by atoms with Crippen molar-refractivity contribution in [2.45, 2.75) is 31.2 Å². The van der Waals surface area contributed by atoms with E-state index in [2.05, 4.69) is 0 Å². The number of aliphatic carboxylic acids is 2. The third-order valence-electron chi connectivity index (χ3n) is 1.62. The zero-order valence-electron chi connectivity index (χ0n) is 9.34. The lowest BCUT2D eigenvalue weighted by Gasteiger charge is -2.16. The Morgan fingerprint density at radius 2 is 1.39 bits per heavy atom. The van der Waals surface area contributed by atoms with Gasteiger partial charge in [0.15, 0.2) is 6.29 Å². The van der Waals surface area contributed by atoms with Gasteiger partial charge in [0.05, 0.1) is 19.4 Å². The molecule has 3 atom stereocenters. The Bertz CT molecular complexity index is 251.